The van der Waals surface area contributed by atoms with Gasteiger partial charge in [-0.1, -0.05) is 30.3 Å². The average Bonchev–Trinajstić information content (AvgIpc) is 2.39. The first-order valence-electron chi connectivity index (χ1n) is 6.15. The van der Waals surface area contributed by atoms with Crippen molar-refractivity contribution in [2.24, 2.45) is 0 Å². The van der Waals surface area contributed by atoms with Crippen molar-refractivity contribution in [3.63, 3.8) is 0 Å². The minimum absolute atomic E-state index is 0.332. The molecule has 2 rings (SSSR count). The molecule has 0 bridgehead atoms. The van der Waals surface area contributed by atoms with Crippen LogP contribution in [0.5, 0.6) is 0 Å². The van der Waals surface area contributed by atoms with Gasteiger partial charge in [-0.05, 0) is 31.6 Å². The fourth-order valence-corrected chi connectivity index (χ4v) is 2.43. The summed E-state index contributed by atoms with van der Waals surface area (Å²) in [5, 5.41) is 4.18. The average molecular weight is 250 g/mol. The van der Waals surface area contributed by atoms with Gasteiger partial charge in [-0.2, -0.15) is 0 Å². The Morgan fingerprint density at radius 2 is 2.12 bits per heavy atom. The van der Waals surface area contributed by atoms with E-state index < -0.39 is 0 Å². The molecule has 1 aromatic rings. The first kappa shape index (κ1) is 12.3. The first-order valence-corrected chi connectivity index (χ1v) is 6.56. The molecule has 92 valence electrons. The zero-order valence-electron chi connectivity index (χ0n) is 10.4. The molecule has 4 heteroatoms. The predicted octanol–water partition coefficient (Wildman–Crippen LogP) is 0.758. The van der Waals surface area contributed by atoms with Crippen LogP contribution >= 0.6 is 12.2 Å². The summed E-state index contributed by atoms with van der Waals surface area (Å²) in [6.45, 7) is 7.46. The zero-order valence-corrected chi connectivity index (χ0v) is 11.3. The Labute approximate surface area is 108 Å². The standard InChI is InChI=1S/C13H19N3S/c1-3-15-9-14-13(17)16(10-15)11(2)12-7-5-4-6-8-12/h4-8,11H,3,9-10H2,1-2H3,(H,14,17)/p+1/t11-/m0/s1. The lowest BCUT2D eigenvalue weighted by molar-refractivity contribution is -0.912. The Morgan fingerprint density at radius 1 is 1.41 bits per heavy atom. The van der Waals surface area contributed by atoms with E-state index in [0.717, 1.165) is 25.0 Å². The van der Waals surface area contributed by atoms with Gasteiger partial charge >= 0.3 is 0 Å². The molecular formula is C13H20N3S+. The SMILES string of the molecule is CC[NH+]1CNC(=S)N([C@@H](C)c2ccccc2)C1. The second-order valence-electron chi connectivity index (χ2n) is 4.48. The van der Waals surface area contributed by atoms with Crippen molar-refractivity contribution >= 4 is 17.3 Å². The summed E-state index contributed by atoms with van der Waals surface area (Å²) >= 11 is 5.41. The lowest BCUT2D eigenvalue weighted by Gasteiger charge is -2.38. The number of thiocarbonyl (C=S) groups is 1. The maximum absolute atomic E-state index is 5.41. The molecule has 1 heterocycles. The fourth-order valence-electron chi connectivity index (χ4n) is 2.13. The fraction of sp³-hybridized carbons (Fsp3) is 0.462. The van der Waals surface area contributed by atoms with Gasteiger partial charge in [-0.3, -0.25) is 4.90 Å². The Balaban J connectivity index is 2.12. The summed E-state index contributed by atoms with van der Waals surface area (Å²) in [4.78, 5) is 3.79. The van der Waals surface area contributed by atoms with Crippen molar-refractivity contribution in [1.29, 1.82) is 0 Å². The van der Waals surface area contributed by atoms with E-state index in [1.54, 1.807) is 0 Å². The molecule has 2 N–H and O–H groups in total. The molecule has 3 nitrogen and oxygen atoms in total. The van der Waals surface area contributed by atoms with Gasteiger partial charge in [0.15, 0.2) is 18.4 Å². The van der Waals surface area contributed by atoms with E-state index in [-0.39, 0.29) is 0 Å². The van der Waals surface area contributed by atoms with E-state index in [1.165, 1.54) is 10.5 Å². The largest absolute Gasteiger partial charge is 0.316 e. The zero-order chi connectivity index (χ0) is 12.3. The quantitative estimate of drug-likeness (QED) is 0.773. The van der Waals surface area contributed by atoms with E-state index >= 15 is 0 Å². The van der Waals surface area contributed by atoms with Crippen LogP contribution in [0.4, 0.5) is 0 Å². The Morgan fingerprint density at radius 3 is 2.76 bits per heavy atom. The van der Waals surface area contributed by atoms with Gasteiger partial charge in [0, 0.05) is 0 Å². The molecule has 0 aliphatic carbocycles. The van der Waals surface area contributed by atoms with Crippen molar-refractivity contribution in [3.05, 3.63) is 35.9 Å². The summed E-state index contributed by atoms with van der Waals surface area (Å²) < 4.78 is 0. The Kier molecular flexibility index (Phi) is 3.97. The molecule has 1 aromatic carbocycles. The number of hydrogen-bond acceptors (Lipinski definition) is 1. The van der Waals surface area contributed by atoms with E-state index in [2.05, 4.69) is 48.3 Å². The molecule has 1 aliphatic heterocycles. The summed E-state index contributed by atoms with van der Waals surface area (Å²) in [5.41, 5.74) is 1.31. The van der Waals surface area contributed by atoms with E-state index in [0.29, 0.717) is 6.04 Å². The van der Waals surface area contributed by atoms with Gasteiger partial charge in [0.25, 0.3) is 0 Å². The third kappa shape index (κ3) is 2.76. The molecule has 0 radical (unpaired) electrons. The lowest BCUT2D eigenvalue weighted by Crippen LogP contribution is -3.16. The maximum atomic E-state index is 5.41. The molecule has 1 unspecified atom stereocenters. The highest BCUT2D eigenvalue weighted by Gasteiger charge is 2.26. The smallest absolute Gasteiger partial charge is 0.178 e. The van der Waals surface area contributed by atoms with E-state index in [9.17, 15) is 0 Å². The maximum Gasteiger partial charge on any atom is 0.178 e. The molecule has 2 atom stereocenters. The van der Waals surface area contributed by atoms with E-state index in [4.69, 9.17) is 12.2 Å². The van der Waals surface area contributed by atoms with Crippen molar-refractivity contribution < 1.29 is 4.90 Å². The van der Waals surface area contributed by atoms with Gasteiger partial charge in [0.2, 0.25) is 0 Å². The molecule has 1 saturated heterocycles. The van der Waals surface area contributed by atoms with Gasteiger partial charge < -0.3 is 10.2 Å². The van der Waals surface area contributed by atoms with Crippen LogP contribution in [0, 0.1) is 0 Å². The van der Waals surface area contributed by atoms with Crippen molar-refractivity contribution in [2.75, 3.05) is 19.9 Å². The number of benzene rings is 1. The van der Waals surface area contributed by atoms with Crippen LogP contribution in [0.15, 0.2) is 30.3 Å². The van der Waals surface area contributed by atoms with Crippen molar-refractivity contribution in [1.82, 2.24) is 10.2 Å². The third-order valence-electron chi connectivity index (χ3n) is 3.39. The number of nitrogens with zero attached hydrogens (tertiary/aromatic N) is 1. The highest BCUT2D eigenvalue weighted by atomic mass is 32.1. The van der Waals surface area contributed by atoms with Crippen LogP contribution in [-0.4, -0.2) is 29.9 Å². The predicted molar refractivity (Wildman–Crippen MR) is 73.7 cm³/mol. The molecule has 0 spiro atoms. The topological polar surface area (TPSA) is 19.7 Å². The highest BCUT2D eigenvalue weighted by molar-refractivity contribution is 7.80. The van der Waals surface area contributed by atoms with Crippen LogP contribution in [-0.2, 0) is 0 Å². The highest BCUT2D eigenvalue weighted by Crippen LogP contribution is 2.19. The normalized spacial score (nSPS) is 22.1. The van der Waals surface area contributed by atoms with Crippen LogP contribution < -0.4 is 10.2 Å². The molecule has 1 fully saturated rings. The van der Waals surface area contributed by atoms with Crippen molar-refractivity contribution in [3.8, 4) is 0 Å². The van der Waals surface area contributed by atoms with Gasteiger partial charge in [-0.25, -0.2) is 0 Å². The summed E-state index contributed by atoms with van der Waals surface area (Å²) in [7, 11) is 0. The van der Waals surface area contributed by atoms with Crippen LogP contribution in [0.3, 0.4) is 0 Å². The second kappa shape index (κ2) is 5.47. The number of rotatable bonds is 3. The molecule has 0 aromatic heterocycles. The number of quaternary nitrogens is 1. The molecule has 0 amide bonds. The number of nitrogens with one attached hydrogen (secondary N) is 2. The third-order valence-corrected chi connectivity index (χ3v) is 3.77. The van der Waals surface area contributed by atoms with Gasteiger partial charge in [0.1, 0.15) is 0 Å². The first-order chi connectivity index (χ1) is 8.22. The molecule has 17 heavy (non-hydrogen) atoms. The van der Waals surface area contributed by atoms with Gasteiger partial charge in [-0.15, -0.1) is 0 Å². The van der Waals surface area contributed by atoms with Crippen LogP contribution in [0.2, 0.25) is 0 Å². The molecule has 1 aliphatic rings. The summed E-state index contributed by atoms with van der Waals surface area (Å²) in [6.07, 6.45) is 0. The second-order valence-corrected chi connectivity index (χ2v) is 4.86. The summed E-state index contributed by atoms with van der Waals surface area (Å²) in [5.74, 6) is 0. The Bertz CT molecular complexity index is 380. The molecular weight excluding hydrogens is 230 g/mol. The number of hydrogen-bond donors (Lipinski definition) is 2. The Hall–Kier alpha value is -1.13. The molecule has 0 saturated carbocycles. The van der Waals surface area contributed by atoms with E-state index in [1.807, 2.05) is 6.07 Å². The van der Waals surface area contributed by atoms with Crippen molar-refractivity contribution in [2.45, 2.75) is 19.9 Å². The summed E-state index contributed by atoms with van der Waals surface area (Å²) in [6, 6.07) is 10.9. The van der Waals surface area contributed by atoms with Crippen LogP contribution in [0.25, 0.3) is 0 Å². The lowest BCUT2D eigenvalue weighted by atomic mass is 10.1. The monoisotopic (exact) mass is 250 g/mol. The van der Waals surface area contributed by atoms with Gasteiger partial charge in [0.05, 0.1) is 12.6 Å². The van der Waals surface area contributed by atoms with Crippen LogP contribution in [0.1, 0.15) is 25.5 Å². The minimum Gasteiger partial charge on any atom is -0.316 e. The minimum atomic E-state index is 0.332.